The van der Waals surface area contributed by atoms with E-state index in [0.29, 0.717) is 29.2 Å². The van der Waals surface area contributed by atoms with Crippen LogP contribution in [0.25, 0.3) is 43.8 Å². The minimum absolute atomic E-state index is 0.0547. The molecule has 368 valence electrons. The molecule has 0 unspecified atom stereocenters. The Kier molecular flexibility index (Phi) is 15.0. The van der Waals surface area contributed by atoms with Gasteiger partial charge in [-0.2, -0.15) is 14.7 Å². The fourth-order valence-electron chi connectivity index (χ4n) is 9.59. The molecule has 3 nitrogen and oxygen atoms in total. The third-order valence-corrected chi connectivity index (χ3v) is 20.4. The van der Waals surface area contributed by atoms with Gasteiger partial charge in [-0.15, -0.1) is 0 Å². The van der Waals surface area contributed by atoms with Crippen molar-refractivity contribution >= 4 is 34.8 Å². The maximum Gasteiger partial charge on any atom is 0.441 e. The van der Waals surface area contributed by atoms with Crippen LogP contribution >= 0.6 is 7.94 Å². The maximum absolute atomic E-state index is 11.8. The van der Waals surface area contributed by atoms with Gasteiger partial charge in [-0.1, -0.05) is 197 Å². The van der Waals surface area contributed by atoms with Crippen LogP contribution in [0.5, 0.6) is 0 Å². The minimum atomic E-state index is -4.60. The molecule has 0 amide bonds. The molecule has 0 aliphatic heterocycles. The van der Waals surface area contributed by atoms with Gasteiger partial charge in [-0.05, 0) is 182 Å². The highest BCUT2D eigenvalue weighted by atomic mass is 31.2. The molecular weight excluding hydrogens is 836 g/mol. The standard InChI is InChI=1S/C63H94O3P/c1-36(2)58(14,15)45-28-43-30-51(60(18,19)38(5)6)49(34-47(43)53(32-45)62(22,23)40(9)10)56-42(13)26-27-55(67(64,65)66)57(56)50-35-48-44(31-52(50)61(20,21)39(7)8)29-46(59(16,17)37(3)4)33-54(48)63(24,25)41(11)12/h26-41,64-66H,1-25H3/q+1. The van der Waals surface area contributed by atoms with E-state index in [2.05, 4.69) is 222 Å². The van der Waals surface area contributed by atoms with Crippen LogP contribution in [0.4, 0.5) is 0 Å². The van der Waals surface area contributed by atoms with Crippen LogP contribution in [0, 0.1) is 42.4 Å². The molecule has 0 saturated heterocycles. The van der Waals surface area contributed by atoms with Crippen molar-refractivity contribution in [2.75, 3.05) is 0 Å². The summed E-state index contributed by atoms with van der Waals surface area (Å²) in [5.74, 6) is 2.07. The number of hydrogen-bond acceptors (Lipinski definition) is 3. The van der Waals surface area contributed by atoms with Gasteiger partial charge in [-0.25, -0.2) is 0 Å². The molecule has 0 saturated carbocycles. The van der Waals surface area contributed by atoms with Crippen molar-refractivity contribution in [1.82, 2.24) is 0 Å². The second-order valence-corrected chi connectivity index (χ2v) is 27.9. The van der Waals surface area contributed by atoms with Gasteiger partial charge in [0.15, 0.2) is 5.30 Å². The molecule has 5 aromatic rings. The van der Waals surface area contributed by atoms with Crippen LogP contribution < -0.4 is 5.30 Å². The molecule has 0 aromatic heterocycles. The predicted octanol–water partition coefficient (Wildman–Crippen LogP) is 17.6. The second-order valence-electron chi connectivity index (χ2n) is 26.3. The summed E-state index contributed by atoms with van der Waals surface area (Å²) in [7, 11) is -4.60. The van der Waals surface area contributed by atoms with E-state index < -0.39 is 7.94 Å². The van der Waals surface area contributed by atoms with E-state index in [-0.39, 0.29) is 49.6 Å². The van der Waals surface area contributed by atoms with E-state index in [0.717, 1.165) is 27.8 Å². The topological polar surface area (TPSA) is 60.7 Å². The molecule has 67 heavy (non-hydrogen) atoms. The van der Waals surface area contributed by atoms with Crippen molar-refractivity contribution in [2.24, 2.45) is 35.5 Å². The fraction of sp³-hybridized carbons (Fsp3) is 0.587. The zero-order chi connectivity index (χ0) is 51.3. The molecule has 0 spiro atoms. The quantitative estimate of drug-likeness (QED) is 0.0917. The predicted molar refractivity (Wildman–Crippen MR) is 297 cm³/mol. The van der Waals surface area contributed by atoms with Gasteiger partial charge in [0.2, 0.25) is 0 Å². The second kappa shape index (κ2) is 18.3. The average Bonchev–Trinajstić information content (AvgIpc) is 3.20. The van der Waals surface area contributed by atoms with Gasteiger partial charge < -0.3 is 0 Å². The number of benzene rings is 5. The molecule has 0 atom stereocenters. The highest BCUT2D eigenvalue weighted by molar-refractivity contribution is 7.67. The van der Waals surface area contributed by atoms with Gasteiger partial charge in [0.25, 0.3) is 0 Å². The molecule has 3 N–H and O–H groups in total. The number of fused-ring (bicyclic) bond motifs is 2. The Bertz CT molecular complexity index is 2630. The Morgan fingerprint density at radius 2 is 0.657 bits per heavy atom. The van der Waals surface area contributed by atoms with Crippen LogP contribution in [-0.2, 0) is 32.5 Å². The largest absolute Gasteiger partial charge is 0.441 e. The minimum Gasteiger partial charge on any atom is -0.189 e. The lowest BCUT2D eigenvalue weighted by Gasteiger charge is -2.38. The van der Waals surface area contributed by atoms with E-state index >= 15 is 0 Å². The maximum atomic E-state index is 11.8. The first-order valence-electron chi connectivity index (χ1n) is 25.8. The van der Waals surface area contributed by atoms with E-state index in [1.807, 2.05) is 6.07 Å². The lowest BCUT2D eigenvalue weighted by Crippen LogP contribution is -2.29. The summed E-state index contributed by atoms with van der Waals surface area (Å²) in [6, 6.07) is 23.3. The summed E-state index contributed by atoms with van der Waals surface area (Å²) in [5.41, 5.74) is 11.3. The highest BCUT2D eigenvalue weighted by Crippen LogP contribution is 2.55. The molecule has 5 aromatic carbocycles. The first kappa shape index (κ1) is 54.9. The Morgan fingerprint density at radius 1 is 0.358 bits per heavy atom. The van der Waals surface area contributed by atoms with E-state index in [1.165, 1.54) is 49.4 Å². The summed E-state index contributed by atoms with van der Waals surface area (Å²) in [6.45, 7) is 58.4. The molecule has 4 heteroatoms. The fourth-order valence-corrected chi connectivity index (χ4v) is 10.4. The van der Waals surface area contributed by atoms with Gasteiger partial charge >= 0.3 is 7.94 Å². The van der Waals surface area contributed by atoms with Gasteiger partial charge in [0.05, 0.1) is 0 Å². The number of hydrogen-bond donors (Lipinski definition) is 3. The Morgan fingerprint density at radius 3 is 0.955 bits per heavy atom. The summed E-state index contributed by atoms with van der Waals surface area (Å²) in [5, 5.41) is 5.01. The van der Waals surface area contributed by atoms with E-state index in [1.54, 1.807) is 6.07 Å². The summed E-state index contributed by atoms with van der Waals surface area (Å²) >= 11 is 0. The molecule has 5 rings (SSSR count). The van der Waals surface area contributed by atoms with Gasteiger partial charge in [-0.3, -0.25) is 0 Å². The Hall–Kier alpha value is -3.07. The van der Waals surface area contributed by atoms with Crippen LogP contribution in [0.15, 0.2) is 60.7 Å². The Balaban J connectivity index is 2.19. The monoisotopic (exact) mass is 930 g/mol. The molecule has 0 aliphatic rings. The van der Waals surface area contributed by atoms with E-state index in [4.69, 9.17) is 0 Å². The van der Waals surface area contributed by atoms with Crippen molar-refractivity contribution in [3.63, 3.8) is 0 Å². The Labute approximate surface area is 410 Å². The highest BCUT2D eigenvalue weighted by Gasteiger charge is 2.43. The third-order valence-electron chi connectivity index (χ3n) is 19.4. The van der Waals surface area contributed by atoms with Crippen molar-refractivity contribution < 1.29 is 14.7 Å². The summed E-state index contributed by atoms with van der Waals surface area (Å²) in [6.07, 6.45) is 0. The van der Waals surface area contributed by atoms with E-state index in [9.17, 15) is 14.7 Å². The lowest BCUT2D eigenvalue weighted by atomic mass is 9.66. The number of rotatable bonds is 15. The first-order valence-corrected chi connectivity index (χ1v) is 27.4. The van der Waals surface area contributed by atoms with Crippen LogP contribution in [-0.4, -0.2) is 14.7 Å². The molecule has 0 bridgehead atoms. The van der Waals surface area contributed by atoms with Gasteiger partial charge in [0, 0.05) is 5.56 Å². The van der Waals surface area contributed by atoms with Crippen LogP contribution in [0.1, 0.15) is 205 Å². The van der Waals surface area contributed by atoms with Crippen LogP contribution in [0.3, 0.4) is 0 Å². The zero-order valence-electron chi connectivity index (χ0n) is 47.0. The summed E-state index contributed by atoms with van der Waals surface area (Å²) in [4.78, 5) is 35.5. The normalized spacial score (nSPS) is 14.2. The lowest BCUT2D eigenvalue weighted by molar-refractivity contribution is 0.347. The van der Waals surface area contributed by atoms with Crippen molar-refractivity contribution in [2.45, 2.75) is 206 Å². The van der Waals surface area contributed by atoms with Crippen LogP contribution in [0.2, 0.25) is 0 Å². The van der Waals surface area contributed by atoms with Crippen molar-refractivity contribution in [3.8, 4) is 22.3 Å². The molecule has 0 heterocycles. The zero-order valence-corrected chi connectivity index (χ0v) is 47.9. The number of aryl methyl sites for hydroxylation is 1. The van der Waals surface area contributed by atoms with Crippen molar-refractivity contribution in [3.05, 3.63) is 99.6 Å². The average molecular weight is 930 g/mol. The smallest absolute Gasteiger partial charge is 0.189 e. The molecule has 0 aliphatic carbocycles. The van der Waals surface area contributed by atoms with Gasteiger partial charge in [0.1, 0.15) is 0 Å². The summed E-state index contributed by atoms with van der Waals surface area (Å²) < 4.78 is 0. The first-order chi connectivity index (χ1) is 30.3. The van der Waals surface area contributed by atoms with Crippen molar-refractivity contribution in [1.29, 1.82) is 0 Å². The molecule has 0 radical (unpaired) electrons. The molecular formula is C63H94O3P+. The SMILES string of the molecule is Cc1ccc([P+](O)(O)O)c(-c2cc3c(C(C)(C)C(C)C)cc(C(C)(C)C(C)C)cc3cc2C(C)(C)C(C)C)c1-c1cc2c(C(C)(C)C(C)C)cc(C(C)(C)C(C)C)cc2cc1C(C)(C)C(C)C. The third kappa shape index (κ3) is 9.61. The molecule has 0 fully saturated rings.